The Bertz CT molecular complexity index is 1350. The maximum Gasteiger partial charge on any atom is 0.330 e. The summed E-state index contributed by atoms with van der Waals surface area (Å²) >= 11 is 0. The SMILES string of the molecule is CN(C)CCCOC(=O)/C=C/c1ccc(O)c2c1CC1CC3[C@H](N(C)C)C(=O)C(C(N)=O)C(=O)[C@@]3(O)C(=O)C1C2=O. The molecule has 12 heteroatoms. The van der Waals surface area contributed by atoms with Crippen LogP contribution in [0.15, 0.2) is 18.2 Å². The molecular weight excluding hydrogens is 534 g/mol. The van der Waals surface area contributed by atoms with Crippen LogP contribution in [0, 0.1) is 23.7 Å². The van der Waals surface area contributed by atoms with Crippen LogP contribution >= 0.6 is 0 Å². The monoisotopic (exact) mass is 569 g/mol. The molecule has 41 heavy (non-hydrogen) atoms. The Balaban J connectivity index is 1.69. The standard InChI is InChI=1S/C29H35N3O9/c1-31(2)10-5-11-41-19(34)9-7-14-6-8-18(33)21-16(14)12-15-13-17-23(32(3)4)25(36)22(28(30)39)27(38)29(17,40)26(37)20(15)24(21)35/h6-9,15,17,20,22-23,33,40H,5,10-13H2,1-4H3,(H2,30,39)/b9-7+/t15?,17?,20?,22?,23-,29-/m0/s1. The van der Waals surface area contributed by atoms with E-state index in [2.05, 4.69) is 0 Å². The molecule has 4 rings (SSSR count). The zero-order valence-electron chi connectivity index (χ0n) is 23.5. The minimum atomic E-state index is -2.78. The van der Waals surface area contributed by atoms with Gasteiger partial charge in [0.2, 0.25) is 5.91 Å². The molecule has 4 N–H and O–H groups in total. The second-order valence-corrected chi connectivity index (χ2v) is 11.5. The number of carbonyl (C=O) groups excluding carboxylic acids is 6. The second-order valence-electron chi connectivity index (χ2n) is 11.5. The number of ketones is 4. The van der Waals surface area contributed by atoms with Crippen LogP contribution in [-0.2, 0) is 35.1 Å². The molecule has 0 bridgehead atoms. The highest BCUT2D eigenvalue weighted by molar-refractivity contribution is 6.32. The minimum absolute atomic E-state index is 0.0589. The lowest BCUT2D eigenvalue weighted by molar-refractivity contribution is -0.181. The number of nitrogens with two attached hydrogens (primary N) is 1. The van der Waals surface area contributed by atoms with E-state index in [-0.39, 0.29) is 30.8 Å². The number of hydrogen-bond donors (Lipinski definition) is 3. The molecule has 0 radical (unpaired) electrons. The van der Waals surface area contributed by atoms with Gasteiger partial charge in [0.05, 0.1) is 24.1 Å². The molecule has 1 aromatic rings. The Morgan fingerprint density at radius 1 is 1.12 bits per heavy atom. The molecule has 0 aliphatic heterocycles. The third kappa shape index (κ3) is 5.11. The van der Waals surface area contributed by atoms with E-state index in [4.69, 9.17) is 10.5 Å². The molecule has 3 aliphatic rings. The average Bonchev–Trinajstić information content (AvgIpc) is 2.87. The number of amides is 1. The third-order valence-corrected chi connectivity index (χ3v) is 8.37. The number of esters is 1. The minimum Gasteiger partial charge on any atom is -0.507 e. The normalized spacial score (nSPS) is 29.5. The maximum atomic E-state index is 13.8. The van der Waals surface area contributed by atoms with Crippen molar-refractivity contribution in [1.82, 2.24) is 9.80 Å². The highest BCUT2D eigenvalue weighted by atomic mass is 16.5. The fraction of sp³-hybridized carbons (Fsp3) is 0.517. The van der Waals surface area contributed by atoms with Crippen molar-refractivity contribution in [3.63, 3.8) is 0 Å². The Kier molecular flexibility index (Phi) is 8.30. The van der Waals surface area contributed by atoms with Crippen LogP contribution in [-0.4, -0.2) is 108 Å². The van der Waals surface area contributed by atoms with Gasteiger partial charge in [-0.25, -0.2) is 4.79 Å². The van der Waals surface area contributed by atoms with Gasteiger partial charge in [0.25, 0.3) is 0 Å². The first-order valence-electron chi connectivity index (χ1n) is 13.4. The van der Waals surface area contributed by atoms with Crippen molar-refractivity contribution >= 4 is 41.1 Å². The van der Waals surface area contributed by atoms with Gasteiger partial charge in [-0.3, -0.25) is 28.9 Å². The van der Waals surface area contributed by atoms with Crippen molar-refractivity contribution in [2.24, 2.45) is 29.4 Å². The highest BCUT2D eigenvalue weighted by Crippen LogP contribution is 2.51. The van der Waals surface area contributed by atoms with E-state index in [0.29, 0.717) is 17.5 Å². The van der Waals surface area contributed by atoms with Crippen LogP contribution in [0.5, 0.6) is 5.75 Å². The van der Waals surface area contributed by atoms with Crippen LogP contribution in [0.4, 0.5) is 0 Å². The molecule has 1 aromatic carbocycles. The van der Waals surface area contributed by atoms with Crippen molar-refractivity contribution in [3.8, 4) is 5.75 Å². The lowest BCUT2D eigenvalue weighted by atomic mass is 9.52. The summed E-state index contributed by atoms with van der Waals surface area (Å²) in [6.45, 7) is 0.974. The number of Topliss-reactive ketones (excluding diaryl/α,β-unsaturated/α-hetero) is 4. The quantitative estimate of drug-likeness (QED) is 0.157. The first kappa shape index (κ1) is 30.2. The number of phenolic OH excluding ortho intramolecular Hbond substituents is 1. The average molecular weight is 570 g/mol. The molecule has 0 heterocycles. The Labute approximate surface area is 237 Å². The number of fused-ring (bicyclic) bond motifs is 3. The summed E-state index contributed by atoms with van der Waals surface area (Å²) in [6, 6.07) is 1.62. The number of benzene rings is 1. The maximum absolute atomic E-state index is 13.8. The number of rotatable bonds is 8. The lowest BCUT2D eigenvalue weighted by Gasteiger charge is -2.52. The summed E-state index contributed by atoms with van der Waals surface area (Å²) in [5.74, 6) is -11.7. The Hall–Kier alpha value is -3.74. The fourth-order valence-corrected chi connectivity index (χ4v) is 6.54. The molecule has 220 valence electrons. The molecule has 3 aliphatic carbocycles. The summed E-state index contributed by atoms with van der Waals surface area (Å²) in [5, 5.41) is 22.2. The van der Waals surface area contributed by atoms with Gasteiger partial charge >= 0.3 is 5.97 Å². The van der Waals surface area contributed by atoms with Crippen molar-refractivity contribution in [3.05, 3.63) is 34.9 Å². The number of carbonyl (C=O) groups is 6. The second kappa shape index (κ2) is 11.3. The number of nitrogens with zero attached hydrogens (tertiary/aromatic N) is 2. The van der Waals surface area contributed by atoms with Crippen molar-refractivity contribution in [1.29, 1.82) is 0 Å². The number of primary amides is 1. The summed E-state index contributed by atoms with van der Waals surface area (Å²) < 4.78 is 5.21. The zero-order valence-corrected chi connectivity index (χ0v) is 23.5. The van der Waals surface area contributed by atoms with E-state index in [9.17, 15) is 39.0 Å². The predicted molar refractivity (Wildman–Crippen MR) is 145 cm³/mol. The first-order chi connectivity index (χ1) is 19.2. The van der Waals surface area contributed by atoms with Gasteiger partial charge in [-0.2, -0.15) is 0 Å². The molecule has 0 aromatic heterocycles. The van der Waals surface area contributed by atoms with Gasteiger partial charge < -0.3 is 25.6 Å². The summed E-state index contributed by atoms with van der Waals surface area (Å²) in [5.41, 5.74) is 3.26. The number of phenols is 1. The number of hydrogen-bond acceptors (Lipinski definition) is 11. The van der Waals surface area contributed by atoms with Gasteiger partial charge in [-0.05, 0) is 76.6 Å². The first-order valence-corrected chi connectivity index (χ1v) is 13.4. The van der Waals surface area contributed by atoms with E-state index < -0.39 is 70.3 Å². The largest absolute Gasteiger partial charge is 0.507 e. The van der Waals surface area contributed by atoms with Crippen LogP contribution in [0.25, 0.3) is 6.08 Å². The summed E-state index contributed by atoms with van der Waals surface area (Å²) in [6.07, 6.45) is 3.37. The fourth-order valence-electron chi connectivity index (χ4n) is 6.54. The van der Waals surface area contributed by atoms with E-state index in [1.54, 1.807) is 0 Å². The van der Waals surface area contributed by atoms with Crippen molar-refractivity contribution in [2.75, 3.05) is 41.3 Å². The number of aromatic hydroxyl groups is 1. The molecule has 4 unspecified atom stereocenters. The van der Waals surface area contributed by atoms with Gasteiger partial charge in [0.15, 0.2) is 34.7 Å². The van der Waals surface area contributed by atoms with E-state index in [0.717, 1.165) is 6.54 Å². The van der Waals surface area contributed by atoms with Crippen LogP contribution < -0.4 is 5.73 Å². The number of likely N-dealkylation sites (N-methyl/N-ethyl adjacent to an activating group) is 1. The smallest absolute Gasteiger partial charge is 0.330 e. The Morgan fingerprint density at radius 3 is 2.41 bits per heavy atom. The van der Waals surface area contributed by atoms with E-state index in [1.165, 1.54) is 43.3 Å². The summed E-state index contributed by atoms with van der Waals surface area (Å²) in [4.78, 5) is 81.8. The van der Waals surface area contributed by atoms with Gasteiger partial charge in [-0.1, -0.05) is 6.07 Å². The number of aliphatic hydroxyl groups is 1. The molecule has 2 saturated carbocycles. The van der Waals surface area contributed by atoms with Gasteiger partial charge in [0.1, 0.15) is 5.75 Å². The number of ether oxygens (including phenoxy) is 1. The van der Waals surface area contributed by atoms with Gasteiger partial charge in [-0.15, -0.1) is 0 Å². The third-order valence-electron chi connectivity index (χ3n) is 8.37. The van der Waals surface area contributed by atoms with Crippen molar-refractivity contribution < 1.29 is 43.7 Å². The summed E-state index contributed by atoms with van der Waals surface area (Å²) in [7, 11) is 6.86. The molecule has 1 amide bonds. The molecule has 12 nitrogen and oxygen atoms in total. The molecule has 0 spiro atoms. The molecule has 2 fully saturated rings. The molecular formula is C29H35N3O9. The highest BCUT2D eigenvalue weighted by Gasteiger charge is 2.69. The van der Waals surface area contributed by atoms with Crippen LogP contribution in [0.2, 0.25) is 0 Å². The Morgan fingerprint density at radius 2 is 1.80 bits per heavy atom. The van der Waals surface area contributed by atoms with Crippen LogP contribution in [0.1, 0.15) is 34.3 Å². The van der Waals surface area contributed by atoms with Gasteiger partial charge in [0, 0.05) is 18.5 Å². The topological polar surface area (TPSA) is 185 Å². The lowest BCUT2D eigenvalue weighted by Crippen LogP contribution is -2.74. The molecule has 0 saturated heterocycles. The molecule has 6 atom stereocenters. The van der Waals surface area contributed by atoms with Crippen molar-refractivity contribution in [2.45, 2.75) is 30.9 Å². The van der Waals surface area contributed by atoms with Crippen LogP contribution in [0.3, 0.4) is 0 Å². The van der Waals surface area contributed by atoms with E-state index in [1.807, 2.05) is 19.0 Å². The zero-order chi connectivity index (χ0) is 30.4. The van der Waals surface area contributed by atoms with E-state index >= 15 is 0 Å². The predicted octanol–water partition coefficient (Wildman–Crippen LogP) is -0.625.